The molecule has 0 aliphatic carbocycles. The normalized spacial score (nSPS) is 12.3. The molecule has 1 heterocycles. The van der Waals surface area contributed by atoms with Crippen LogP contribution in [-0.4, -0.2) is 24.2 Å². The third-order valence-electron chi connectivity index (χ3n) is 2.76. The van der Waals surface area contributed by atoms with Crippen molar-refractivity contribution in [2.24, 2.45) is 0 Å². The lowest BCUT2D eigenvalue weighted by Gasteiger charge is -2.14. The van der Waals surface area contributed by atoms with E-state index in [0.29, 0.717) is 29.5 Å². The summed E-state index contributed by atoms with van der Waals surface area (Å²) in [4.78, 5) is 10.5. The first-order valence-corrected chi connectivity index (χ1v) is 6.49. The number of nitrogens with one attached hydrogen (secondary N) is 1. The Hall–Kier alpha value is -1.75. The van der Waals surface area contributed by atoms with Crippen molar-refractivity contribution in [3.8, 4) is 5.88 Å². The molecule has 0 aliphatic heterocycles. The van der Waals surface area contributed by atoms with Crippen LogP contribution in [0.3, 0.4) is 0 Å². The Bertz CT molecular complexity index is 556. The highest BCUT2D eigenvalue weighted by molar-refractivity contribution is 6.31. The summed E-state index contributed by atoms with van der Waals surface area (Å²) in [5.74, 6) is 0.395. The smallest absolute Gasteiger partial charge is 0.262 e. The Labute approximate surface area is 115 Å². The van der Waals surface area contributed by atoms with Gasteiger partial charge < -0.3 is 14.6 Å². The minimum Gasteiger partial charge on any atom is -0.473 e. The third-order valence-corrected chi connectivity index (χ3v) is 3.00. The first kappa shape index (κ1) is 13.7. The van der Waals surface area contributed by atoms with E-state index in [1.165, 1.54) is 0 Å². The number of carbonyl (C=O) groups excluding carboxylic acids is 1. The lowest BCUT2D eigenvalue weighted by Crippen LogP contribution is -2.33. The first-order chi connectivity index (χ1) is 9.24. The number of fused-ring (bicyclic) bond motifs is 1. The molecule has 1 atom stereocenters. The summed E-state index contributed by atoms with van der Waals surface area (Å²) < 4.78 is 10.7. The Balaban J connectivity index is 2.08. The number of ether oxygens (including phenoxy) is 1. The second-order valence-corrected chi connectivity index (χ2v) is 4.65. The molecule has 0 radical (unpaired) electrons. The Kier molecular flexibility index (Phi) is 4.63. The molecular formula is C13H15ClN2O3. The highest BCUT2D eigenvalue weighted by Crippen LogP contribution is 2.27. The van der Waals surface area contributed by atoms with Gasteiger partial charge in [0.1, 0.15) is 6.61 Å². The van der Waals surface area contributed by atoms with Crippen molar-refractivity contribution in [1.82, 2.24) is 10.5 Å². The Morgan fingerprint density at radius 2 is 2.42 bits per heavy atom. The molecule has 102 valence electrons. The molecule has 2 rings (SSSR count). The average molecular weight is 283 g/mol. The zero-order chi connectivity index (χ0) is 13.7. The van der Waals surface area contributed by atoms with Gasteiger partial charge in [-0.1, -0.05) is 24.9 Å². The molecule has 1 aromatic heterocycles. The van der Waals surface area contributed by atoms with Crippen molar-refractivity contribution < 1.29 is 14.1 Å². The topological polar surface area (TPSA) is 64.4 Å². The van der Waals surface area contributed by atoms with E-state index in [9.17, 15) is 4.79 Å². The fourth-order valence-corrected chi connectivity index (χ4v) is 2.00. The molecule has 0 saturated heterocycles. The molecule has 6 heteroatoms. The number of carbonyl (C=O) groups is 1. The van der Waals surface area contributed by atoms with Gasteiger partial charge in [0.2, 0.25) is 6.41 Å². The van der Waals surface area contributed by atoms with E-state index in [0.717, 1.165) is 18.2 Å². The quantitative estimate of drug-likeness (QED) is 0.793. The van der Waals surface area contributed by atoms with Gasteiger partial charge in [0, 0.05) is 5.02 Å². The van der Waals surface area contributed by atoms with Crippen LogP contribution in [0, 0.1) is 0 Å². The van der Waals surface area contributed by atoms with Crippen LogP contribution in [0.4, 0.5) is 0 Å². The molecule has 1 amide bonds. The highest BCUT2D eigenvalue weighted by atomic mass is 35.5. The fraction of sp³-hybridized carbons (Fsp3) is 0.385. The molecule has 19 heavy (non-hydrogen) atoms. The van der Waals surface area contributed by atoms with Gasteiger partial charge in [-0.25, -0.2) is 0 Å². The van der Waals surface area contributed by atoms with Crippen molar-refractivity contribution in [2.75, 3.05) is 6.61 Å². The molecule has 1 N–H and O–H groups in total. The van der Waals surface area contributed by atoms with Gasteiger partial charge in [-0.05, 0) is 29.8 Å². The maximum Gasteiger partial charge on any atom is 0.262 e. The van der Waals surface area contributed by atoms with Gasteiger partial charge in [0.15, 0.2) is 5.58 Å². The van der Waals surface area contributed by atoms with Crippen LogP contribution in [0.25, 0.3) is 11.0 Å². The Morgan fingerprint density at radius 1 is 1.58 bits per heavy atom. The molecule has 2 aromatic rings. The Morgan fingerprint density at radius 3 is 3.16 bits per heavy atom. The van der Waals surface area contributed by atoms with Crippen molar-refractivity contribution in [3.63, 3.8) is 0 Å². The largest absolute Gasteiger partial charge is 0.473 e. The zero-order valence-electron chi connectivity index (χ0n) is 10.6. The van der Waals surface area contributed by atoms with E-state index in [1.54, 1.807) is 18.2 Å². The zero-order valence-corrected chi connectivity index (χ0v) is 11.3. The summed E-state index contributed by atoms with van der Waals surface area (Å²) >= 11 is 5.93. The summed E-state index contributed by atoms with van der Waals surface area (Å²) in [7, 11) is 0. The molecule has 0 spiro atoms. The van der Waals surface area contributed by atoms with E-state index in [-0.39, 0.29) is 6.04 Å². The predicted octanol–water partition coefficient (Wildman–Crippen LogP) is 2.77. The van der Waals surface area contributed by atoms with Crippen LogP contribution in [0.15, 0.2) is 22.7 Å². The molecule has 0 fully saturated rings. The van der Waals surface area contributed by atoms with Crippen molar-refractivity contribution in [2.45, 2.75) is 25.8 Å². The number of hydrogen-bond donors (Lipinski definition) is 1. The van der Waals surface area contributed by atoms with E-state index in [4.69, 9.17) is 20.9 Å². The minimum absolute atomic E-state index is 0.0339. The molecule has 1 unspecified atom stereocenters. The maximum absolute atomic E-state index is 10.5. The van der Waals surface area contributed by atoms with Gasteiger partial charge >= 0.3 is 0 Å². The average Bonchev–Trinajstić information content (AvgIpc) is 2.79. The van der Waals surface area contributed by atoms with Crippen LogP contribution < -0.4 is 10.1 Å². The van der Waals surface area contributed by atoms with Crippen LogP contribution >= 0.6 is 11.6 Å². The van der Waals surface area contributed by atoms with Gasteiger partial charge in [-0.15, -0.1) is 0 Å². The SMILES string of the molecule is CCCC(COc1noc2ccc(Cl)cc12)NC=O. The van der Waals surface area contributed by atoms with Crippen molar-refractivity contribution >= 4 is 29.0 Å². The van der Waals surface area contributed by atoms with Crippen LogP contribution in [0.1, 0.15) is 19.8 Å². The summed E-state index contributed by atoms with van der Waals surface area (Å²) in [5, 5.41) is 7.90. The molecular weight excluding hydrogens is 268 g/mol. The summed E-state index contributed by atoms with van der Waals surface area (Å²) in [6.07, 6.45) is 2.48. The van der Waals surface area contributed by atoms with Gasteiger partial charge in [-0.2, -0.15) is 0 Å². The molecule has 5 nitrogen and oxygen atoms in total. The number of amides is 1. The monoisotopic (exact) mass is 282 g/mol. The molecule has 1 aromatic carbocycles. The molecule has 0 bridgehead atoms. The number of rotatable bonds is 7. The van der Waals surface area contributed by atoms with Gasteiger partial charge in [0.05, 0.1) is 11.4 Å². The minimum atomic E-state index is -0.0339. The third kappa shape index (κ3) is 3.38. The lowest BCUT2D eigenvalue weighted by atomic mass is 10.2. The maximum atomic E-state index is 10.5. The summed E-state index contributed by atoms with van der Waals surface area (Å²) in [6.45, 7) is 2.39. The molecule has 0 saturated carbocycles. The predicted molar refractivity (Wildman–Crippen MR) is 72.4 cm³/mol. The van der Waals surface area contributed by atoms with E-state index < -0.39 is 0 Å². The number of benzene rings is 1. The highest BCUT2D eigenvalue weighted by Gasteiger charge is 2.13. The van der Waals surface area contributed by atoms with Crippen molar-refractivity contribution in [1.29, 1.82) is 0 Å². The van der Waals surface area contributed by atoms with Gasteiger partial charge in [0.25, 0.3) is 5.88 Å². The second-order valence-electron chi connectivity index (χ2n) is 4.21. The number of aromatic nitrogens is 1. The standard InChI is InChI=1S/C13H15ClN2O3/c1-2-3-10(15-8-17)7-18-13-11-6-9(14)4-5-12(11)19-16-13/h4-6,8,10H,2-3,7H2,1H3,(H,15,17). The van der Waals surface area contributed by atoms with Crippen molar-refractivity contribution in [3.05, 3.63) is 23.2 Å². The molecule has 0 aliphatic rings. The summed E-state index contributed by atoms with van der Waals surface area (Å²) in [6, 6.07) is 5.18. The van der Waals surface area contributed by atoms with Crippen LogP contribution in [0.2, 0.25) is 5.02 Å². The number of hydrogen-bond acceptors (Lipinski definition) is 4. The van der Waals surface area contributed by atoms with E-state index in [2.05, 4.69) is 10.5 Å². The van der Waals surface area contributed by atoms with E-state index in [1.807, 2.05) is 6.92 Å². The lowest BCUT2D eigenvalue weighted by molar-refractivity contribution is -0.110. The second kappa shape index (κ2) is 6.43. The van der Waals surface area contributed by atoms with Crippen LogP contribution in [-0.2, 0) is 4.79 Å². The number of halogens is 1. The fourth-order valence-electron chi connectivity index (χ4n) is 1.83. The summed E-state index contributed by atoms with van der Waals surface area (Å²) in [5.41, 5.74) is 0.620. The first-order valence-electron chi connectivity index (χ1n) is 6.12. The van der Waals surface area contributed by atoms with Gasteiger partial charge in [-0.3, -0.25) is 4.79 Å². The van der Waals surface area contributed by atoms with Crippen LogP contribution in [0.5, 0.6) is 5.88 Å². The number of nitrogens with zero attached hydrogens (tertiary/aromatic N) is 1. The van der Waals surface area contributed by atoms with E-state index >= 15 is 0 Å².